The molecule has 0 aromatic carbocycles. The summed E-state index contributed by atoms with van der Waals surface area (Å²) in [5.41, 5.74) is 0. The Morgan fingerprint density at radius 1 is 1.00 bits per heavy atom. The number of hydrogen-bond donors (Lipinski definition) is 0. The second kappa shape index (κ2) is 5.83. The first kappa shape index (κ1) is 12.8. The van der Waals surface area contributed by atoms with Crippen LogP contribution in [-0.2, 0) is 4.79 Å². The van der Waals surface area contributed by atoms with Gasteiger partial charge >= 0.3 is 0 Å². The van der Waals surface area contributed by atoms with Crippen molar-refractivity contribution in [1.82, 2.24) is 14.7 Å². The predicted octanol–water partition coefficient (Wildman–Crippen LogP) is 0.492. The van der Waals surface area contributed by atoms with E-state index in [2.05, 4.69) is 28.5 Å². The summed E-state index contributed by atoms with van der Waals surface area (Å²) in [5.74, 6) is 0.667. The van der Waals surface area contributed by atoms with Gasteiger partial charge in [-0.15, -0.1) is 0 Å². The molecule has 2 aliphatic heterocycles. The minimum atomic E-state index is 0.267. The summed E-state index contributed by atoms with van der Waals surface area (Å²) in [6.07, 6.45) is 1.06. The molecule has 17 heavy (non-hydrogen) atoms. The van der Waals surface area contributed by atoms with Crippen molar-refractivity contribution in [2.24, 2.45) is 5.92 Å². The van der Waals surface area contributed by atoms with Crippen LogP contribution in [0, 0.1) is 5.92 Å². The molecule has 4 heteroatoms. The molecule has 98 valence electrons. The number of likely N-dealkylation sites (N-methyl/N-ethyl adjacent to an activating group) is 1. The van der Waals surface area contributed by atoms with Gasteiger partial charge in [0.25, 0.3) is 0 Å². The molecular weight excluding hydrogens is 214 g/mol. The third-order valence-corrected chi connectivity index (χ3v) is 4.20. The lowest BCUT2D eigenvalue weighted by atomic mass is 10.1. The van der Waals surface area contributed by atoms with E-state index in [-0.39, 0.29) is 5.92 Å². The first-order valence-electron chi connectivity index (χ1n) is 6.98. The highest BCUT2D eigenvalue weighted by Gasteiger charge is 2.31. The average Bonchev–Trinajstić information content (AvgIpc) is 2.87. The van der Waals surface area contributed by atoms with Gasteiger partial charge in [-0.3, -0.25) is 4.79 Å². The molecule has 0 aromatic rings. The minimum Gasteiger partial charge on any atom is -0.340 e. The third kappa shape index (κ3) is 2.99. The fourth-order valence-corrected chi connectivity index (χ4v) is 2.86. The van der Waals surface area contributed by atoms with Gasteiger partial charge in [-0.25, -0.2) is 0 Å². The summed E-state index contributed by atoms with van der Waals surface area (Å²) in [6, 6.07) is 0. The zero-order valence-corrected chi connectivity index (χ0v) is 11.2. The molecule has 1 unspecified atom stereocenters. The maximum atomic E-state index is 12.3. The highest BCUT2D eigenvalue weighted by Crippen LogP contribution is 2.19. The molecule has 0 radical (unpaired) electrons. The van der Waals surface area contributed by atoms with Crippen LogP contribution in [0.4, 0.5) is 0 Å². The van der Waals surface area contributed by atoms with Crippen LogP contribution in [0.3, 0.4) is 0 Å². The number of hydrogen-bond acceptors (Lipinski definition) is 3. The number of rotatable bonds is 3. The van der Waals surface area contributed by atoms with Gasteiger partial charge in [0.05, 0.1) is 5.92 Å². The Kier molecular flexibility index (Phi) is 4.40. The molecule has 4 nitrogen and oxygen atoms in total. The number of piperazine rings is 1. The summed E-state index contributed by atoms with van der Waals surface area (Å²) >= 11 is 0. The summed E-state index contributed by atoms with van der Waals surface area (Å²) < 4.78 is 0. The van der Waals surface area contributed by atoms with Crippen LogP contribution < -0.4 is 0 Å². The molecule has 1 amide bonds. The quantitative estimate of drug-likeness (QED) is 0.717. The first-order valence-corrected chi connectivity index (χ1v) is 6.98. The molecule has 0 spiro atoms. The fraction of sp³-hybridized carbons (Fsp3) is 0.923. The summed E-state index contributed by atoms with van der Waals surface area (Å²) in [6.45, 7) is 12.6. The molecule has 2 rings (SSSR count). The Hall–Kier alpha value is -0.610. The van der Waals surface area contributed by atoms with Crippen LogP contribution in [0.2, 0.25) is 0 Å². The number of nitrogens with zero attached hydrogens (tertiary/aromatic N) is 3. The topological polar surface area (TPSA) is 26.8 Å². The van der Waals surface area contributed by atoms with Gasteiger partial charge in [0.15, 0.2) is 0 Å². The van der Waals surface area contributed by atoms with Gasteiger partial charge in [-0.05, 0) is 26.1 Å². The van der Waals surface area contributed by atoms with Crippen molar-refractivity contribution in [3.8, 4) is 0 Å². The van der Waals surface area contributed by atoms with E-state index in [1.54, 1.807) is 0 Å². The smallest absolute Gasteiger partial charge is 0.227 e. The molecule has 0 N–H and O–H groups in total. The van der Waals surface area contributed by atoms with E-state index in [1.807, 2.05) is 0 Å². The lowest BCUT2D eigenvalue weighted by Gasteiger charge is -2.35. The summed E-state index contributed by atoms with van der Waals surface area (Å²) in [7, 11) is 0. The molecule has 2 heterocycles. The molecule has 2 aliphatic rings. The van der Waals surface area contributed by atoms with Crippen LogP contribution in [0.5, 0.6) is 0 Å². The monoisotopic (exact) mass is 239 g/mol. The van der Waals surface area contributed by atoms with Crippen LogP contribution in [-0.4, -0.2) is 73.0 Å². The van der Waals surface area contributed by atoms with E-state index >= 15 is 0 Å². The van der Waals surface area contributed by atoms with E-state index in [1.165, 1.54) is 0 Å². The Morgan fingerprint density at radius 2 is 1.65 bits per heavy atom. The summed E-state index contributed by atoms with van der Waals surface area (Å²) in [4.78, 5) is 19.2. The predicted molar refractivity (Wildman–Crippen MR) is 68.9 cm³/mol. The van der Waals surface area contributed by atoms with E-state index in [9.17, 15) is 4.79 Å². The highest BCUT2D eigenvalue weighted by molar-refractivity contribution is 5.79. The van der Waals surface area contributed by atoms with Gasteiger partial charge in [-0.2, -0.15) is 0 Å². The summed E-state index contributed by atoms with van der Waals surface area (Å²) in [5, 5.41) is 0. The van der Waals surface area contributed by atoms with E-state index in [0.717, 1.165) is 58.8 Å². The Labute approximate surface area is 105 Å². The van der Waals surface area contributed by atoms with Gasteiger partial charge in [-0.1, -0.05) is 13.8 Å². The minimum absolute atomic E-state index is 0.267. The Bertz CT molecular complexity index is 261. The Morgan fingerprint density at radius 3 is 2.18 bits per heavy atom. The molecule has 2 saturated heterocycles. The standard InChI is InChI=1S/C13H25N3O/c1-3-14-7-9-16(10-8-14)13(17)12-5-6-15(4-2)11-12/h12H,3-11H2,1-2H3. The second-order valence-electron chi connectivity index (χ2n) is 5.14. The number of amides is 1. The van der Waals surface area contributed by atoms with Gasteiger partial charge in [0.2, 0.25) is 5.91 Å². The molecule has 0 aliphatic carbocycles. The highest BCUT2D eigenvalue weighted by atomic mass is 16.2. The number of likely N-dealkylation sites (tertiary alicyclic amines) is 1. The van der Waals surface area contributed by atoms with E-state index in [4.69, 9.17) is 0 Å². The lowest BCUT2D eigenvalue weighted by Crippen LogP contribution is -2.50. The second-order valence-corrected chi connectivity index (χ2v) is 5.14. The lowest BCUT2D eigenvalue weighted by molar-refractivity contribution is -0.136. The molecule has 1 atom stereocenters. The maximum Gasteiger partial charge on any atom is 0.227 e. The van der Waals surface area contributed by atoms with Crippen molar-refractivity contribution in [2.75, 3.05) is 52.4 Å². The third-order valence-electron chi connectivity index (χ3n) is 4.20. The van der Waals surface area contributed by atoms with Crippen molar-refractivity contribution in [3.63, 3.8) is 0 Å². The van der Waals surface area contributed by atoms with Crippen molar-refractivity contribution in [2.45, 2.75) is 20.3 Å². The van der Waals surface area contributed by atoms with Crippen molar-refractivity contribution < 1.29 is 4.79 Å². The number of carbonyl (C=O) groups excluding carboxylic acids is 1. The SMILES string of the molecule is CCN1CCN(C(=O)C2CCN(CC)C2)CC1. The molecule has 0 aromatic heterocycles. The maximum absolute atomic E-state index is 12.3. The normalized spacial score (nSPS) is 27.6. The van der Waals surface area contributed by atoms with E-state index in [0.29, 0.717) is 5.91 Å². The van der Waals surface area contributed by atoms with Crippen molar-refractivity contribution >= 4 is 5.91 Å². The largest absolute Gasteiger partial charge is 0.340 e. The first-order chi connectivity index (χ1) is 8.24. The van der Waals surface area contributed by atoms with Crippen LogP contribution in [0.1, 0.15) is 20.3 Å². The van der Waals surface area contributed by atoms with Crippen LogP contribution in [0.25, 0.3) is 0 Å². The van der Waals surface area contributed by atoms with Gasteiger partial charge in [0, 0.05) is 32.7 Å². The van der Waals surface area contributed by atoms with Crippen LogP contribution in [0.15, 0.2) is 0 Å². The zero-order valence-electron chi connectivity index (χ0n) is 11.2. The van der Waals surface area contributed by atoms with Gasteiger partial charge in [0.1, 0.15) is 0 Å². The number of carbonyl (C=O) groups is 1. The average molecular weight is 239 g/mol. The van der Waals surface area contributed by atoms with Gasteiger partial charge < -0.3 is 14.7 Å². The van der Waals surface area contributed by atoms with E-state index < -0.39 is 0 Å². The van der Waals surface area contributed by atoms with Crippen LogP contribution >= 0.6 is 0 Å². The Balaban J connectivity index is 1.81. The molecule has 2 fully saturated rings. The fourth-order valence-electron chi connectivity index (χ4n) is 2.86. The molecular formula is C13H25N3O. The zero-order chi connectivity index (χ0) is 12.3. The molecule has 0 bridgehead atoms. The molecule has 0 saturated carbocycles. The van der Waals surface area contributed by atoms with Crippen molar-refractivity contribution in [3.05, 3.63) is 0 Å². The van der Waals surface area contributed by atoms with Crippen molar-refractivity contribution in [1.29, 1.82) is 0 Å².